The minimum Gasteiger partial charge on any atom is -0.310 e. The van der Waals surface area contributed by atoms with Crippen LogP contribution in [-0.4, -0.2) is 12.6 Å². The maximum atomic E-state index is 3.51. The van der Waals surface area contributed by atoms with E-state index in [-0.39, 0.29) is 0 Å². The van der Waals surface area contributed by atoms with Crippen LogP contribution in [0.25, 0.3) is 6.08 Å². The fourth-order valence-electron chi connectivity index (χ4n) is 1.48. The van der Waals surface area contributed by atoms with Crippen molar-refractivity contribution in [3.63, 3.8) is 0 Å². The van der Waals surface area contributed by atoms with Gasteiger partial charge in [0.2, 0.25) is 0 Å². The lowest BCUT2D eigenvalue weighted by molar-refractivity contribution is 0.736. The third-order valence-electron chi connectivity index (χ3n) is 2.46. The second kappa shape index (κ2) is 4.43. The van der Waals surface area contributed by atoms with Crippen molar-refractivity contribution < 1.29 is 0 Å². The molecule has 1 aliphatic carbocycles. The molecule has 2 rings (SSSR count). The smallest absolute Gasteiger partial charge is 0.0167 e. The highest BCUT2D eigenvalue weighted by Gasteiger charge is 2.19. The Morgan fingerprint density at radius 1 is 1.36 bits per heavy atom. The third kappa shape index (κ3) is 3.00. The van der Waals surface area contributed by atoms with E-state index >= 15 is 0 Å². The molecular formula is C13H17N. The zero-order valence-electron chi connectivity index (χ0n) is 8.66. The number of benzene rings is 1. The van der Waals surface area contributed by atoms with E-state index in [1.54, 1.807) is 0 Å². The average molecular weight is 187 g/mol. The highest BCUT2D eigenvalue weighted by Crippen LogP contribution is 2.18. The van der Waals surface area contributed by atoms with E-state index < -0.39 is 0 Å². The Labute approximate surface area is 85.8 Å². The molecule has 14 heavy (non-hydrogen) atoms. The van der Waals surface area contributed by atoms with E-state index in [2.05, 4.69) is 48.6 Å². The Hall–Kier alpha value is -1.08. The molecule has 1 nitrogen and oxygen atoms in total. The fraction of sp³-hybridized carbons (Fsp3) is 0.385. The van der Waals surface area contributed by atoms with Gasteiger partial charge in [0.15, 0.2) is 0 Å². The molecule has 0 bridgehead atoms. The SMILES string of the molecule is CC(=Cc1ccccc1)CNC1CC1. The first-order chi connectivity index (χ1) is 6.84. The van der Waals surface area contributed by atoms with Gasteiger partial charge >= 0.3 is 0 Å². The maximum absolute atomic E-state index is 3.51. The van der Waals surface area contributed by atoms with Gasteiger partial charge in [-0.05, 0) is 25.3 Å². The Morgan fingerprint density at radius 2 is 2.07 bits per heavy atom. The van der Waals surface area contributed by atoms with Gasteiger partial charge in [-0.2, -0.15) is 0 Å². The lowest BCUT2D eigenvalue weighted by Gasteiger charge is -2.02. The number of hydrogen-bond donors (Lipinski definition) is 1. The summed E-state index contributed by atoms with van der Waals surface area (Å²) in [5.74, 6) is 0. The van der Waals surface area contributed by atoms with E-state index in [1.165, 1.54) is 24.0 Å². The second-order valence-electron chi connectivity index (χ2n) is 4.06. The summed E-state index contributed by atoms with van der Waals surface area (Å²) >= 11 is 0. The largest absolute Gasteiger partial charge is 0.310 e. The standard InChI is InChI=1S/C13H17N/c1-11(10-14-13-7-8-13)9-12-5-3-2-4-6-12/h2-6,9,13-14H,7-8,10H2,1H3. The summed E-state index contributed by atoms with van der Waals surface area (Å²) in [7, 11) is 0. The van der Waals surface area contributed by atoms with Crippen molar-refractivity contribution in [1.82, 2.24) is 5.32 Å². The molecule has 0 aliphatic heterocycles. The molecule has 0 spiro atoms. The predicted molar refractivity (Wildman–Crippen MR) is 61.1 cm³/mol. The highest BCUT2D eigenvalue weighted by molar-refractivity contribution is 5.52. The number of hydrogen-bond acceptors (Lipinski definition) is 1. The van der Waals surface area contributed by atoms with Crippen LogP contribution < -0.4 is 5.32 Å². The van der Waals surface area contributed by atoms with Crippen LogP contribution >= 0.6 is 0 Å². The molecular weight excluding hydrogens is 170 g/mol. The van der Waals surface area contributed by atoms with Gasteiger partial charge < -0.3 is 5.32 Å². The van der Waals surface area contributed by atoms with E-state index in [4.69, 9.17) is 0 Å². The van der Waals surface area contributed by atoms with Crippen LogP contribution in [0.1, 0.15) is 25.3 Å². The van der Waals surface area contributed by atoms with Gasteiger partial charge in [-0.3, -0.25) is 0 Å². The highest BCUT2D eigenvalue weighted by atomic mass is 14.9. The Balaban J connectivity index is 1.88. The van der Waals surface area contributed by atoms with E-state index in [0.29, 0.717) is 0 Å². The van der Waals surface area contributed by atoms with Crippen LogP contribution in [0.5, 0.6) is 0 Å². The molecule has 0 unspecified atom stereocenters. The van der Waals surface area contributed by atoms with E-state index in [0.717, 1.165) is 12.6 Å². The molecule has 0 aromatic heterocycles. The number of nitrogens with one attached hydrogen (secondary N) is 1. The molecule has 1 aliphatic rings. The lowest BCUT2D eigenvalue weighted by atomic mass is 10.1. The van der Waals surface area contributed by atoms with Crippen molar-refractivity contribution in [3.05, 3.63) is 41.5 Å². The molecule has 0 saturated heterocycles. The van der Waals surface area contributed by atoms with E-state index in [1.807, 2.05) is 0 Å². The Kier molecular flexibility index (Phi) is 3.00. The van der Waals surface area contributed by atoms with Crippen LogP contribution in [0.15, 0.2) is 35.9 Å². The molecule has 0 radical (unpaired) electrons. The summed E-state index contributed by atoms with van der Waals surface area (Å²) in [6, 6.07) is 11.3. The van der Waals surface area contributed by atoms with E-state index in [9.17, 15) is 0 Å². The first kappa shape index (κ1) is 9.47. The van der Waals surface area contributed by atoms with Crippen LogP contribution in [0.3, 0.4) is 0 Å². The summed E-state index contributed by atoms with van der Waals surface area (Å²) in [6.45, 7) is 3.21. The molecule has 0 amide bonds. The molecule has 1 aromatic carbocycles. The molecule has 1 saturated carbocycles. The first-order valence-corrected chi connectivity index (χ1v) is 5.30. The third-order valence-corrected chi connectivity index (χ3v) is 2.46. The molecule has 74 valence electrons. The topological polar surface area (TPSA) is 12.0 Å². The summed E-state index contributed by atoms with van der Waals surface area (Å²) < 4.78 is 0. The number of rotatable bonds is 4. The van der Waals surface area contributed by atoms with Crippen molar-refractivity contribution in [1.29, 1.82) is 0 Å². The molecule has 1 N–H and O–H groups in total. The average Bonchev–Trinajstić information content (AvgIpc) is 3.00. The first-order valence-electron chi connectivity index (χ1n) is 5.30. The van der Waals surface area contributed by atoms with Gasteiger partial charge in [0.25, 0.3) is 0 Å². The van der Waals surface area contributed by atoms with Gasteiger partial charge in [0.05, 0.1) is 0 Å². The summed E-state index contributed by atoms with van der Waals surface area (Å²) in [5.41, 5.74) is 2.70. The van der Waals surface area contributed by atoms with Crippen LogP contribution in [-0.2, 0) is 0 Å². The molecule has 0 heterocycles. The van der Waals surface area contributed by atoms with Crippen molar-refractivity contribution >= 4 is 6.08 Å². The van der Waals surface area contributed by atoms with Crippen LogP contribution in [0.4, 0.5) is 0 Å². The second-order valence-corrected chi connectivity index (χ2v) is 4.06. The zero-order valence-corrected chi connectivity index (χ0v) is 8.66. The molecule has 1 aromatic rings. The Bertz CT molecular complexity index is 309. The summed E-state index contributed by atoms with van der Waals surface area (Å²) in [4.78, 5) is 0. The molecule has 1 fully saturated rings. The Morgan fingerprint density at radius 3 is 2.71 bits per heavy atom. The van der Waals surface area contributed by atoms with Crippen LogP contribution in [0, 0.1) is 0 Å². The lowest BCUT2D eigenvalue weighted by Crippen LogP contribution is -2.18. The maximum Gasteiger partial charge on any atom is 0.0167 e. The van der Waals surface area contributed by atoms with Gasteiger partial charge in [0, 0.05) is 12.6 Å². The molecule has 1 heteroatoms. The summed E-state index contributed by atoms with van der Waals surface area (Å²) in [6.07, 6.45) is 4.96. The minimum absolute atomic E-state index is 0.800. The summed E-state index contributed by atoms with van der Waals surface area (Å²) in [5, 5.41) is 3.51. The van der Waals surface area contributed by atoms with Gasteiger partial charge in [-0.1, -0.05) is 42.0 Å². The van der Waals surface area contributed by atoms with Gasteiger partial charge in [-0.15, -0.1) is 0 Å². The monoisotopic (exact) mass is 187 g/mol. The van der Waals surface area contributed by atoms with Crippen molar-refractivity contribution in [3.8, 4) is 0 Å². The van der Waals surface area contributed by atoms with Gasteiger partial charge in [-0.25, -0.2) is 0 Å². The minimum atomic E-state index is 0.800. The zero-order chi connectivity index (χ0) is 9.80. The van der Waals surface area contributed by atoms with Crippen molar-refractivity contribution in [2.45, 2.75) is 25.8 Å². The van der Waals surface area contributed by atoms with Gasteiger partial charge in [0.1, 0.15) is 0 Å². The quantitative estimate of drug-likeness (QED) is 0.764. The van der Waals surface area contributed by atoms with Crippen molar-refractivity contribution in [2.24, 2.45) is 0 Å². The van der Waals surface area contributed by atoms with Crippen LogP contribution in [0.2, 0.25) is 0 Å². The normalized spacial score (nSPS) is 17.1. The van der Waals surface area contributed by atoms with Crippen molar-refractivity contribution in [2.75, 3.05) is 6.54 Å². The fourth-order valence-corrected chi connectivity index (χ4v) is 1.48. The predicted octanol–water partition coefficient (Wildman–Crippen LogP) is 2.84. The molecule has 0 atom stereocenters.